The van der Waals surface area contributed by atoms with Crippen LogP contribution in [0.4, 0.5) is 14.5 Å². The first-order chi connectivity index (χ1) is 12.1. The van der Waals surface area contributed by atoms with Crippen molar-refractivity contribution in [1.82, 2.24) is 4.98 Å². The fourth-order valence-electron chi connectivity index (χ4n) is 2.74. The molecule has 1 aliphatic heterocycles. The maximum absolute atomic E-state index is 13.7. The first-order valence-electron chi connectivity index (χ1n) is 7.85. The van der Waals surface area contributed by atoms with Crippen LogP contribution in [-0.2, 0) is 9.53 Å². The summed E-state index contributed by atoms with van der Waals surface area (Å²) in [5.74, 6) is -2.07. The predicted molar refractivity (Wildman–Crippen MR) is 86.9 cm³/mol. The Hall–Kier alpha value is -2.80. The third-order valence-corrected chi connectivity index (χ3v) is 4.15. The van der Waals surface area contributed by atoms with Crippen molar-refractivity contribution >= 4 is 22.7 Å². The molecule has 1 saturated heterocycles. The average molecular weight is 344 g/mol. The number of carbonyl (C=O) groups excluding carboxylic acids is 1. The van der Waals surface area contributed by atoms with Crippen LogP contribution in [0.2, 0.25) is 0 Å². The summed E-state index contributed by atoms with van der Waals surface area (Å²) in [5, 5.41) is 2.83. The minimum Gasteiger partial charge on any atom is -0.433 e. The van der Waals surface area contributed by atoms with Gasteiger partial charge in [-0.1, -0.05) is 0 Å². The zero-order valence-corrected chi connectivity index (χ0v) is 13.1. The van der Waals surface area contributed by atoms with E-state index < -0.39 is 11.6 Å². The molecule has 128 valence electrons. The Morgan fingerprint density at radius 2 is 1.96 bits per heavy atom. The summed E-state index contributed by atoms with van der Waals surface area (Å²) in [6.07, 6.45) is 0.717. The Bertz CT molecular complexity index is 931. The fourth-order valence-corrected chi connectivity index (χ4v) is 2.74. The molecule has 0 aliphatic carbocycles. The number of nitrogens with zero attached hydrogens (tertiary/aromatic N) is 1. The zero-order chi connectivity index (χ0) is 17.4. The highest BCUT2D eigenvalue weighted by Gasteiger charge is 2.23. The van der Waals surface area contributed by atoms with Crippen LogP contribution in [0.1, 0.15) is 6.42 Å². The number of hydrogen-bond acceptors (Lipinski definition) is 4. The van der Waals surface area contributed by atoms with Crippen molar-refractivity contribution in [2.24, 2.45) is 5.92 Å². The molecule has 1 N–H and O–H groups in total. The summed E-state index contributed by atoms with van der Waals surface area (Å²) in [4.78, 5) is 16.2. The summed E-state index contributed by atoms with van der Waals surface area (Å²) in [6.45, 7) is 1.04. The number of oxazole rings is 1. The SMILES string of the molecule is O=C(Nc1ccc(-c2nc3ccc(F)c(F)c3o2)cc1)C1CCOC1. The molecule has 1 unspecified atom stereocenters. The summed E-state index contributed by atoms with van der Waals surface area (Å²) in [6, 6.07) is 9.16. The molecule has 2 heterocycles. The molecule has 3 aromatic rings. The molecular weight excluding hydrogens is 330 g/mol. The van der Waals surface area contributed by atoms with Crippen LogP contribution < -0.4 is 5.32 Å². The molecule has 25 heavy (non-hydrogen) atoms. The number of fused-ring (bicyclic) bond motifs is 1. The number of nitrogens with one attached hydrogen (secondary N) is 1. The second-order valence-electron chi connectivity index (χ2n) is 5.86. The second kappa shape index (κ2) is 6.25. The standard InChI is InChI=1S/C18H14F2N2O3/c19-13-5-6-14-16(15(13)20)25-18(22-14)10-1-3-12(4-2-10)21-17(23)11-7-8-24-9-11/h1-6,11H,7-9H2,(H,21,23). The van der Waals surface area contributed by atoms with Gasteiger partial charge in [0.1, 0.15) is 5.52 Å². The van der Waals surface area contributed by atoms with Crippen LogP contribution in [-0.4, -0.2) is 24.1 Å². The van der Waals surface area contributed by atoms with Gasteiger partial charge < -0.3 is 14.5 Å². The van der Waals surface area contributed by atoms with Crippen LogP contribution in [0.25, 0.3) is 22.6 Å². The Morgan fingerprint density at radius 1 is 1.16 bits per heavy atom. The van der Waals surface area contributed by atoms with Gasteiger partial charge in [0.15, 0.2) is 11.4 Å². The van der Waals surface area contributed by atoms with Crippen LogP contribution >= 0.6 is 0 Å². The van der Waals surface area contributed by atoms with Gasteiger partial charge in [-0.3, -0.25) is 4.79 Å². The lowest BCUT2D eigenvalue weighted by Gasteiger charge is -2.09. The van der Waals surface area contributed by atoms with E-state index in [2.05, 4.69) is 10.3 Å². The monoisotopic (exact) mass is 344 g/mol. The lowest BCUT2D eigenvalue weighted by molar-refractivity contribution is -0.119. The van der Waals surface area contributed by atoms with Gasteiger partial charge in [-0.05, 0) is 42.8 Å². The second-order valence-corrected chi connectivity index (χ2v) is 5.86. The van der Waals surface area contributed by atoms with E-state index in [-0.39, 0.29) is 28.8 Å². The molecule has 1 atom stereocenters. The van der Waals surface area contributed by atoms with Gasteiger partial charge in [-0.25, -0.2) is 9.37 Å². The number of carbonyl (C=O) groups is 1. The van der Waals surface area contributed by atoms with E-state index in [9.17, 15) is 13.6 Å². The van der Waals surface area contributed by atoms with E-state index in [1.807, 2.05) is 0 Å². The molecule has 0 saturated carbocycles. The fraction of sp³-hybridized carbons (Fsp3) is 0.222. The molecule has 7 heteroatoms. The van der Waals surface area contributed by atoms with Crippen molar-refractivity contribution in [1.29, 1.82) is 0 Å². The van der Waals surface area contributed by atoms with Gasteiger partial charge in [-0.2, -0.15) is 4.39 Å². The Balaban J connectivity index is 1.55. The van der Waals surface area contributed by atoms with Crippen molar-refractivity contribution in [3.8, 4) is 11.5 Å². The highest BCUT2D eigenvalue weighted by Crippen LogP contribution is 2.28. The van der Waals surface area contributed by atoms with E-state index in [0.29, 0.717) is 24.5 Å². The normalized spacial score (nSPS) is 17.1. The lowest BCUT2D eigenvalue weighted by atomic mass is 10.1. The first kappa shape index (κ1) is 15.7. The topological polar surface area (TPSA) is 64.4 Å². The third-order valence-electron chi connectivity index (χ3n) is 4.15. The van der Waals surface area contributed by atoms with E-state index in [1.54, 1.807) is 24.3 Å². The van der Waals surface area contributed by atoms with Gasteiger partial charge >= 0.3 is 0 Å². The molecule has 0 bridgehead atoms. The third kappa shape index (κ3) is 2.98. The van der Waals surface area contributed by atoms with Crippen LogP contribution in [0.15, 0.2) is 40.8 Å². The smallest absolute Gasteiger partial charge is 0.229 e. The van der Waals surface area contributed by atoms with Gasteiger partial charge in [0.25, 0.3) is 0 Å². The Labute approximate surface area is 141 Å². The molecule has 1 fully saturated rings. The van der Waals surface area contributed by atoms with Crippen molar-refractivity contribution in [3.63, 3.8) is 0 Å². The van der Waals surface area contributed by atoms with E-state index in [1.165, 1.54) is 6.07 Å². The lowest BCUT2D eigenvalue weighted by Crippen LogP contribution is -2.22. The minimum atomic E-state index is -1.06. The van der Waals surface area contributed by atoms with Crippen LogP contribution in [0.3, 0.4) is 0 Å². The van der Waals surface area contributed by atoms with E-state index in [4.69, 9.17) is 9.15 Å². The number of anilines is 1. The summed E-state index contributed by atoms with van der Waals surface area (Å²) in [5.41, 5.74) is 1.26. The molecule has 4 rings (SSSR count). The van der Waals surface area contributed by atoms with Crippen LogP contribution in [0.5, 0.6) is 0 Å². The minimum absolute atomic E-state index is 0.0790. The average Bonchev–Trinajstić information content (AvgIpc) is 3.29. The highest BCUT2D eigenvalue weighted by atomic mass is 19.2. The molecule has 0 radical (unpaired) electrons. The van der Waals surface area contributed by atoms with Gasteiger partial charge in [-0.15, -0.1) is 0 Å². The first-order valence-corrected chi connectivity index (χ1v) is 7.85. The maximum Gasteiger partial charge on any atom is 0.229 e. The van der Waals surface area contributed by atoms with Gasteiger partial charge in [0, 0.05) is 17.9 Å². The van der Waals surface area contributed by atoms with E-state index >= 15 is 0 Å². The maximum atomic E-state index is 13.7. The summed E-state index contributed by atoms with van der Waals surface area (Å²) >= 11 is 0. The highest BCUT2D eigenvalue weighted by molar-refractivity contribution is 5.93. The number of aromatic nitrogens is 1. The Kier molecular flexibility index (Phi) is 3.93. The molecular formula is C18H14F2N2O3. The molecule has 1 aliphatic rings. The number of rotatable bonds is 3. The number of halogens is 2. The number of hydrogen-bond donors (Lipinski definition) is 1. The number of ether oxygens (including phenoxy) is 1. The van der Waals surface area contributed by atoms with E-state index in [0.717, 1.165) is 12.5 Å². The number of benzene rings is 2. The quantitative estimate of drug-likeness (QED) is 0.786. The largest absolute Gasteiger partial charge is 0.433 e. The Morgan fingerprint density at radius 3 is 2.68 bits per heavy atom. The van der Waals surface area contributed by atoms with Crippen molar-refractivity contribution in [3.05, 3.63) is 48.0 Å². The predicted octanol–water partition coefficient (Wildman–Crippen LogP) is 3.75. The van der Waals surface area contributed by atoms with Gasteiger partial charge in [0.05, 0.1) is 12.5 Å². The van der Waals surface area contributed by atoms with Crippen LogP contribution in [0, 0.1) is 17.6 Å². The molecule has 5 nitrogen and oxygen atoms in total. The molecule has 1 aromatic heterocycles. The van der Waals surface area contributed by atoms with Gasteiger partial charge in [0.2, 0.25) is 17.6 Å². The number of amides is 1. The zero-order valence-electron chi connectivity index (χ0n) is 13.1. The van der Waals surface area contributed by atoms with Crippen molar-refractivity contribution in [2.75, 3.05) is 18.5 Å². The molecule has 0 spiro atoms. The molecule has 1 amide bonds. The molecule has 2 aromatic carbocycles. The summed E-state index contributed by atoms with van der Waals surface area (Å²) in [7, 11) is 0. The van der Waals surface area contributed by atoms with Crippen molar-refractivity contribution in [2.45, 2.75) is 6.42 Å². The van der Waals surface area contributed by atoms with Crippen molar-refractivity contribution < 1.29 is 22.7 Å². The summed E-state index contributed by atoms with van der Waals surface area (Å²) < 4.78 is 37.5.